The third-order valence-electron chi connectivity index (χ3n) is 1.94. The van der Waals surface area contributed by atoms with Crippen molar-refractivity contribution in [1.29, 1.82) is 0 Å². The molecule has 0 fully saturated rings. The molecule has 1 aromatic carbocycles. The fourth-order valence-electron chi connectivity index (χ4n) is 1.23. The number of rotatable bonds is 1. The van der Waals surface area contributed by atoms with E-state index in [-0.39, 0.29) is 0 Å². The van der Waals surface area contributed by atoms with E-state index in [0.29, 0.717) is 10.2 Å². The lowest BCUT2D eigenvalue weighted by molar-refractivity contribution is 0.772. The van der Waals surface area contributed by atoms with Crippen LogP contribution in [0.25, 0.3) is 11.3 Å². The average molecular weight is 227 g/mol. The molecule has 0 aliphatic carbocycles. The van der Waals surface area contributed by atoms with Crippen LogP contribution in [0.15, 0.2) is 30.3 Å². The summed E-state index contributed by atoms with van der Waals surface area (Å²) >= 11 is 11.8. The van der Waals surface area contributed by atoms with E-state index in [2.05, 4.69) is 5.10 Å². The zero-order valence-electron chi connectivity index (χ0n) is 7.54. The molecule has 2 aromatic rings. The summed E-state index contributed by atoms with van der Waals surface area (Å²) in [5.41, 5.74) is 1.81. The number of hydrogen-bond acceptors (Lipinski definition) is 1. The van der Waals surface area contributed by atoms with E-state index in [4.69, 9.17) is 23.2 Å². The number of nitrogens with zero attached hydrogens (tertiary/aromatic N) is 2. The summed E-state index contributed by atoms with van der Waals surface area (Å²) in [5, 5.41) is 5.56. The predicted octanol–water partition coefficient (Wildman–Crippen LogP) is 3.39. The van der Waals surface area contributed by atoms with Gasteiger partial charge < -0.3 is 0 Å². The lowest BCUT2D eigenvalue weighted by atomic mass is 10.2. The largest absolute Gasteiger partial charge is 0.256 e. The second kappa shape index (κ2) is 3.64. The Balaban J connectivity index is 2.49. The van der Waals surface area contributed by atoms with Crippen LogP contribution in [-0.2, 0) is 7.05 Å². The minimum absolute atomic E-state index is 0.611. The van der Waals surface area contributed by atoms with E-state index in [0.717, 1.165) is 11.3 Å². The molecule has 2 rings (SSSR count). The van der Waals surface area contributed by atoms with Gasteiger partial charge >= 0.3 is 0 Å². The Bertz CT molecular complexity index is 443. The fraction of sp³-hybridized carbons (Fsp3) is 0.100. The van der Waals surface area contributed by atoms with Crippen LogP contribution in [-0.4, -0.2) is 9.78 Å². The van der Waals surface area contributed by atoms with Crippen LogP contribution in [0.3, 0.4) is 0 Å². The van der Waals surface area contributed by atoms with Crippen molar-refractivity contribution in [3.8, 4) is 11.3 Å². The molecule has 72 valence electrons. The van der Waals surface area contributed by atoms with Crippen molar-refractivity contribution >= 4 is 23.2 Å². The Kier molecular flexibility index (Phi) is 2.48. The maximum absolute atomic E-state index is 5.89. The van der Waals surface area contributed by atoms with Gasteiger partial charge in [0.2, 0.25) is 0 Å². The number of hydrogen-bond donors (Lipinski definition) is 0. The fourth-order valence-corrected chi connectivity index (χ4v) is 1.56. The minimum atomic E-state index is 0.611. The molecular formula is C10H8Cl2N2. The van der Waals surface area contributed by atoms with Gasteiger partial charge in [-0.05, 0) is 12.1 Å². The highest BCUT2D eigenvalue weighted by atomic mass is 35.5. The van der Waals surface area contributed by atoms with Gasteiger partial charge in [0.05, 0.1) is 5.69 Å². The van der Waals surface area contributed by atoms with Gasteiger partial charge in [0, 0.05) is 23.7 Å². The second-order valence-corrected chi connectivity index (χ2v) is 3.81. The summed E-state index contributed by atoms with van der Waals surface area (Å²) < 4.78 is 1.62. The van der Waals surface area contributed by atoms with Gasteiger partial charge in [-0.25, -0.2) is 0 Å². The molecule has 0 aliphatic rings. The van der Waals surface area contributed by atoms with E-state index < -0.39 is 0 Å². The lowest BCUT2D eigenvalue weighted by Crippen LogP contribution is -1.89. The summed E-state index contributed by atoms with van der Waals surface area (Å²) in [4.78, 5) is 0. The Hall–Kier alpha value is -0.990. The highest BCUT2D eigenvalue weighted by Crippen LogP contribution is 2.23. The third kappa shape index (κ3) is 1.76. The van der Waals surface area contributed by atoms with Crippen molar-refractivity contribution in [2.24, 2.45) is 7.05 Å². The first-order valence-electron chi connectivity index (χ1n) is 4.12. The van der Waals surface area contributed by atoms with Crippen molar-refractivity contribution in [1.82, 2.24) is 9.78 Å². The van der Waals surface area contributed by atoms with Crippen molar-refractivity contribution in [3.05, 3.63) is 40.5 Å². The van der Waals surface area contributed by atoms with Crippen LogP contribution in [0.4, 0.5) is 0 Å². The van der Waals surface area contributed by atoms with Crippen LogP contribution in [0.1, 0.15) is 0 Å². The molecule has 2 nitrogen and oxygen atoms in total. The van der Waals surface area contributed by atoms with Gasteiger partial charge in [-0.3, -0.25) is 4.68 Å². The van der Waals surface area contributed by atoms with Gasteiger partial charge in [-0.15, -0.1) is 0 Å². The zero-order chi connectivity index (χ0) is 10.1. The molecule has 0 bridgehead atoms. The summed E-state index contributed by atoms with van der Waals surface area (Å²) in [5.74, 6) is 0. The van der Waals surface area contributed by atoms with Crippen molar-refractivity contribution in [2.75, 3.05) is 0 Å². The molecule has 0 spiro atoms. The number of aromatic nitrogens is 2. The number of halogens is 2. The Morgan fingerprint density at radius 3 is 2.57 bits per heavy atom. The van der Waals surface area contributed by atoms with Crippen molar-refractivity contribution in [2.45, 2.75) is 0 Å². The molecule has 0 N–H and O–H groups in total. The topological polar surface area (TPSA) is 17.8 Å². The Morgan fingerprint density at radius 1 is 1.21 bits per heavy atom. The molecular weight excluding hydrogens is 219 g/mol. The first-order valence-corrected chi connectivity index (χ1v) is 4.88. The van der Waals surface area contributed by atoms with E-state index >= 15 is 0 Å². The van der Waals surface area contributed by atoms with E-state index in [1.165, 1.54) is 0 Å². The predicted molar refractivity (Wildman–Crippen MR) is 58.7 cm³/mol. The summed E-state index contributed by atoms with van der Waals surface area (Å²) in [6.45, 7) is 0. The van der Waals surface area contributed by atoms with E-state index in [9.17, 15) is 0 Å². The van der Waals surface area contributed by atoms with Gasteiger partial charge in [0.1, 0.15) is 5.15 Å². The van der Waals surface area contributed by atoms with Crippen molar-refractivity contribution in [3.63, 3.8) is 0 Å². The SMILES string of the molecule is Cn1nc(-c2cccc(Cl)c2)cc1Cl. The second-order valence-electron chi connectivity index (χ2n) is 2.99. The molecule has 0 unspecified atom stereocenters. The van der Waals surface area contributed by atoms with Crippen LogP contribution in [0, 0.1) is 0 Å². The van der Waals surface area contributed by atoms with Gasteiger partial charge in [0.25, 0.3) is 0 Å². The Labute approximate surface area is 92.1 Å². The minimum Gasteiger partial charge on any atom is -0.256 e. The quantitative estimate of drug-likeness (QED) is 0.730. The summed E-state index contributed by atoms with van der Waals surface area (Å²) in [6.07, 6.45) is 0. The van der Waals surface area contributed by atoms with Crippen LogP contribution in [0.2, 0.25) is 10.2 Å². The molecule has 0 amide bonds. The highest BCUT2D eigenvalue weighted by molar-refractivity contribution is 6.31. The molecule has 14 heavy (non-hydrogen) atoms. The average Bonchev–Trinajstić information content (AvgIpc) is 2.47. The Morgan fingerprint density at radius 2 is 2.00 bits per heavy atom. The molecule has 0 saturated carbocycles. The zero-order valence-corrected chi connectivity index (χ0v) is 9.05. The maximum Gasteiger partial charge on any atom is 0.127 e. The molecule has 0 radical (unpaired) electrons. The molecule has 0 saturated heterocycles. The monoisotopic (exact) mass is 226 g/mol. The number of benzene rings is 1. The highest BCUT2D eigenvalue weighted by Gasteiger charge is 2.04. The molecule has 1 heterocycles. The normalized spacial score (nSPS) is 10.5. The van der Waals surface area contributed by atoms with Gasteiger partial charge in [-0.2, -0.15) is 5.10 Å². The first kappa shape index (κ1) is 9.56. The summed E-state index contributed by atoms with van der Waals surface area (Å²) in [6, 6.07) is 9.34. The van der Waals surface area contributed by atoms with Crippen molar-refractivity contribution < 1.29 is 0 Å². The van der Waals surface area contributed by atoms with Crippen LogP contribution in [0.5, 0.6) is 0 Å². The maximum atomic E-state index is 5.89. The van der Waals surface area contributed by atoms with Crippen LogP contribution >= 0.6 is 23.2 Å². The van der Waals surface area contributed by atoms with E-state index in [1.54, 1.807) is 11.7 Å². The standard InChI is InChI=1S/C10H8Cl2N2/c1-14-10(12)6-9(13-14)7-3-2-4-8(11)5-7/h2-6H,1H3. The molecule has 4 heteroatoms. The summed E-state index contributed by atoms with van der Waals surface area (Å²) in [7, 11) is 1.80. The van der Waals surface area contributed by atoms with Gasteiger partial charge in [0.15, 0.2) is 0 Å². The van der Waals surface area contributed by atoms with Crippen LogP contribution < -0.4 is 0 Å². The molecule has 1 aromatic heterocycles. The lowest BCUT2D eigenvalue weighted by Gasteiger charge is -1.96. The number of aryl methyl sites for hydroxylation is 1. The first-order chi connectivity index (χ1) is 6.66. The molecule has 0 aliphatic heterocycles. The van der Waals surface area contributed by atoms with Gasteiger partial charge in [-0.1, -0.05) is 35.3 Å². The molecule has 0 atom stereocenters. The third-order valence-corrected chi connectivity index (χ3v) is 2.53. The smallest absolute Gasteiger partial charge is 0.127 e. The van der Waals surface area contributed by atoms with E-state index in [1.807, 2.05) is 30.3 Å².